The summed E-state index contributed by atoms with van der Waals surface area (Å²) in [5, 5.41) is 2.81. The minimum absolute atomic E-state index is 0.0396. The third-order valence-corrected chi connectivity index (χ3v) is 2.53. The Bertz CT molecular complexity index is 174. The molecule has 0 aromatic rings. The Labute approximate surface area is 97.5 Å². The summed E-state index contributed by atoms with van der Waals surface area (Å²) in [6.45, 7) is 6.80. The molecular formula is C11H22ClNO2. The highest BCUT2D eigenvalue weighted by molar-refractivity contribution is 6.18. The standard InChI is InChI=1S/C11H22ClNO2/c1-9(2)15-8-11(14)13-6-4-5-10(3)7-12/h9-10H,4-8H2,1-3H3,(H,13,14). The molecule has 1 atom stereocenters. The Hall–Kier alpha value is -0.280. The minimum Gasteiger partial charge on any atom is -0.369 e. The van der Waals surface area contributed by atoms with E-state index in [1.807, 2.05) is 13.8 Å². The van der Waals surface area contributed by atoms with Crippen molar-refractivity contribution in [1.82, 2.24) is 5.32 Å². The van der Waals surface area contributed by atoms with Gasteiger partial charge in [-0.1, -0.05) is 6.92 Å². The van der Waals surface area contributed by atoms with E-state index >= 15 is 0 Å². The smallest absolute Gasteiger partial charge is 0.246 e. The molecule has 0 aliphatic carbocycles. The lowest BCUT2D eigenvalue weighted by Gasteiger charge is -2.09. The van der Waals surface area contributed by atoms with Crippen molar-refractivity contribution in [3.8, 4) is 0 Å². The van der Waals surface area contributed by atoms with Gasteiger partial charge in [0, 0.05) is 12.4 Å². The summed E-state index contributed by atoms with van der Waals surface area (Å²) in [4.78, 5) is 11.2. The zero-order valence-electron chi connectivity index (χ0n) is 9.88. The molecule has 0 radical (unpaired) electrons. The highest BCUT2D eigenvalue weighted by Gasteiger charge is 2.03. The van der Waals surface area contributed by atoms with Crippen molar-refractivity contribution in [3.05, 3.63) is 0 Å². The molecule has 0 fully saturated rings. The van der Waals surface area contributed by atoms with Crippen LogP contribution >= 0.6 is 11.6 Å². The Balaban J connectivity index is 3.31. The largest absolute Gasteiger partial charge is 0.369 e. The fourth-order valence-electron chi connectivity index (χ4n) is 1.05. The van der Waals surface area contributed by atoms with Crippen molar-refractivity contribution in [2.24, 2.45) is 5.92 Å². The van der Waals surface area contributed by atoms with Gasteiger partial charge in [-0.05, 0) is 32.6 Å². The lowest BCUT2D eigenvalue weighted by molar-refractivity contribution is -0.127. The van der Waals surface area contributed by atoms with Gasteiger partial charge in [0.25, 0.3) is 0 Å². The molecule has 0 heterocycles. The molecule has 0 rings (SSSR count). The second-order valence-electron chi connectivity index (χ2n) is 4.11. The second kappa shape index (κ2) is 8.98. The lowest BCUT2D eigenvalue weighted by atomic mass is 10.1. The highest BCUT2D eigenvalue weighted by atomic mass is 35.5. The average Bonchev–Trinajstić information content (AvgIpc) is 2.21. The normalized spacial score (nSPS) is 12.9. The summed E-state index contributed by atoms with van der Waals surface area (Å²) < 4.78 is 5.17. The SMILES string of the molecule is CC(CCl)CCCNC(=O)COC(C)C. The third-order valence-electron chi connectivity index (χ3n) is 2.01. The molecule has 1 amide bonds. The van der Waals surface area contributed by atoms with E-state index in [2.05, 4.69) is 12.2 Å². The van der Waals surface area contributed by atoms with Gasteiger partial charge in [-0.25, -0.2) is 0 Å². The number of hydrogen-bond acceptors (Lipinski definition) is 2. The molecule has 0 bridgehead atoms. The van der Waals surface area contributed by atoms with Gasteiger partial charge in [-0.15, -0.1) is 11.6 Å². The molecule has 0 aromatic carbocycles. The number of rotatable bonds is 8. The molecule has 90 valence electrons. The van der Waals surface area contributed by atoms with Crippen LogP contribution in [0.15, 0.2) is 0 Å². The van der Waals surface area contributed by atoms with Crippen LogP contribution in [0.3, 0.4) is 0 Å². The maximum Gasteiger partial charge on any atom is 0.246 e. The van der Waals surface area contributed by atoms with E-state index in [9.17, 15) is 4.79 Å². The molecule has 1 unspecified atom stereocenters. The van der Waals surface area contributed by atoms with Gasteiger partial charge in [0.15, 0.2) is 0 Å². The van der Waals surface area contributed by atoms with E-state index in [1.165, 1.54) is 0 Å². The number of amides is 1. The van der Waals surface area contributed by atoms with Crippen LogP contribution in [0.4, 0.5) is 0 Å². The first kappa shape index (κ1) is 14.7. The fourth-order valence-corrected chi connectivity index (χ4v) is 1.20. The maximum atomic E-state index is 11.2. The summed E-state index contributed by atoms with van der Waals surface area (Å²) >= 11 is 5.67. The molecule has 0 aliphatic rings. The summed E-state index contributed by atoms with van der Waals surface area (Å²) in [7, 11) is 0. The lowest BCUT2D eigenvalue weighted by Crippen LogP contribution is -2.29. The number of nitrogens with one attached hydrogen (secondary N) is 1. The number of carbonyl (C=O) groups is 1. The monoisotopic (exact) mass is 235 g/mol. The van der Waals surface area contributed by atoms with Crippen molar-refractivity contribution < 1.29 is 9.53 Å². The fraction of sp³-hybridized carbons (Fsp3) is 0.909. The van der Waals surface area contributed by atoms with Crippen molar-refractivity contribution in [2.75, 3.05) is 19.0 Å². The minimum atomic E-state index is -0.0396. The summed E-state index contributed by atoms with van der Waals surface area (Å²) in [5.41, 5.74) is 0. The average molecular weight is 236 g/mol. The summed E-state index contributed by atoms with van der Waals surface area (Å²) in [5.74, 6) is 1.17. The number of alkyl halides is 1. The van der Waals surface area contributed by atoms with Gasteiger partial charge in [-0.2, -0.15) is 0 Å². The van der Waals surface area contributed by atoms with Crippen molar-refractivity contribution in [1.29, 1.82) is 0 Å². The molecule has 0 aliphatic heterocycles. The third kappa shape index (κ3) is 10.0. The molecule has 4 heteroatoms. The van der Waals surface area contributed by atoms with E-state index in [0.29, 0.717) is 18.3 Å². The Kier molecular flexibility index (Phi) is 8.82. The predicted octanol–water partition coefficient (Wildman–Crippen LogP) is 2.18. The number of halogens is 1. The molecule has 0 saturated heterocycles. The Morgan fingerprint density at radius 1 is 1.40 bits per heavy atom. The summed E-state index contributed by atoms with van der Waals surface area (Å²) in [6, 6.07) is 0. The van der Waals surface area contributed by atoms with Crippen LogP contribution in [-0.4, -0.2) is 31.0 Å². The van der Waals surface area contributed by atoms with E-state index in [0.717, 1.165) is 12.8 Å². The second-order valence-corrected chi connectivity index (χ2v) is 4.42. The zero-order valence-corrected chi connectivity index (χ0v) is 10.6. The van der Waals surface area contributed by atoms with Crippen LogP contribution in [0.1, 0.15) is 33.6 Å². The van der Waals surface area contributed by atoms with Gasteiger partial charge < -0.3 is 10.1 Å². The van der Waals surface area contributed by atoms with E-state index in [4.69, 9.17) is 16.3 Å². The number of carbonyl (C=O) groups excluding carboxylic acids is 1. The number of ether oxygens (including phenoxy) is 1. The van der Waals surface area contributed by atoms with Crippen LogP contribution in [0.2, 0.25) is 0 Å². The number of hydrogen-bond donors (Lipinski definition) is 1. The van der Waals surface area contributed by atoms with Crippen LogP contribution in [0.25, 0.3) is 0 Å². The van der Waals surface area contributed by atoms with Gasteiger partial charge in [0.05, 0.1) is 6.10 Å². The van der Waals surface area contributed by atoms with E-state index < -0.39 is 0 Å². The molecule has 1 N–H and O–H groups in total. The van der Waals surface area contributed by atoms with Gasteiger partial charge in [0.1, 0.15) is 6.61 Å². The topological polar surface area (TPSA) is 38.3 Å². The summed E-state index contributed by atoms with van der Waals surface area (Å²) in [6.07, 6.45) is 2.13. The molecule has 3 nitrogen and oxygen atoms in total. The van der Waals surface area contributed by atoms with Gasteiger partial charge in [-0.3, -0.25) is 4.79 Å². The van der Waals surface area contributed by atoms with E-state index in [-0.39, 0.29) is 18.6 Å². The van der Waals surface area contributed by atoms with Crippen LogP contribution in [0.5, 0.6) is 0 Å². The molecular weight excluding hydrogens is 214 g/mol. The molecule has 15 heavy (non-hydrogen) atoms. The van der Waals surface area contributed by atoms with Gasteiger partial charge >= 0.3 is 0 Å². The maximum absolute atomic E-state index is 11.2. The van der Waals surface area contributed by atoms with Crippen LogP contribution in [0, 0.1) is 5.92 Å². The zero-order chi connectivity index (χ0) is 11.7. The first-order valence-electron chi connectivity index (χ1n) is 5.50. The van der Waals surface area contributed by atoms with Crippen LogP contribution in [-0.2, 0) is 9.53 Å². The first-order chi connectivity index (χ1) is 7.06. The van der Waals surface area contributed by atoms with Crippen molar-refractivity contribution in [3.63, 3.8) is 0 Å². The molecule has 0 aromatic heterocycles. The molecule has 0 saturated carbocycles. The predicted molar refractivity (Wildman–Crippen MR) is 63.2 cm³/mol. The highest BCUT2D eigenvalue weighted by Crippen LogP contribution is 2.05. The van der Waals surface area contributed by atoms with Crippen LogP contribution < -0.4 is 5.32 Å². The Morgan fingerprint density at radius 2 is 2.07 bits per heavy atom. The van der Waals surface area contributed by atoms with Gasteiger partial charge in [0.2, 0.25) is 5.91 Å². The van der Waals surface area contributed by atoms with Crippen molar-refractivity contribution in [2.45, 2.75) is 39.7 Å². The Morgan fingerprint density at radius 3 is 2.60 bits per heavy atom. The van der Waals surface area contributed by atoms with E-state index in [1.54, 1.807) is 0 Å². The quantitative estimate of drug-likeness (QED) is 0.517. The first-order valence-corrected chi connectivity index (χ1v) is 6.04. The molecule has 0 spiro atoms. The van der Waals surface area contributed by atoms with Crippen molar-refractivity contribution >= 4 is 17.5 Å².